The van der Waals surface area contributed by atoms with Gasteiger partial charge in [-0.2, -0.15) is 5.21 Å². The maximum Gasteiger partial charge on any atom is 0.511 e. The Bertz CT molecular complexity index is 1820. The molecule has 2 aromatic heterocycles. The van der Waals surface area contributed by atoms with Gasteiger partial charge in [0.1, 0.15) is 18.5 Å². The largest absolute Gasteiger partial charge is 0.511 e. The van der Waals surface area contributed by atoms with E-state index in [2.05, 4.69) is 35.3 Å². The van der Waals surface area contributed by atoms with Crippen molar-refractivity contribution >= 4 is 23.7 Å². The number of hydrogen-bond acceptors (Lipinski definition) is 15. The third kappa shape index (κ3) is 11.8. The van der Waals surface area contributed by atoms with Gasteiger partial charge < -0.3 is 28.5 Å². The van der Waals surface area contributed by atoms with E-state index in [9.17, 15) is 29.8 Å². The minimum atomic E-state index is -1.34. The second-order valence-electron chi connectivity index (χ2n) is 12.0. The van der Waals surface area contributed by atoms with Gasteiger partial charge in [0.25, 0.3) is 16.5 Å². The number of unbranched alkanes of at least 4 members (excludes halogenated alkanes) is 2. The van der Waals surface area contributed by atoms with Crippen LogP contribution < -0.4 is 0 Å². The van der Waals surface area contributed by atoms with Gasteiger partial charge in [0.15, 0.2) is 10.8 Å². The SMILES string of the molecule is CCCCc1nc(Cl)c(C(=O)OC(OC(=O)OCCCCC(CO[N+](=O)[O-])O[N+](=O)[O-])C(C)C)n1Cc1ccc(-c2ccccc2-c2nn[nH]n2)cc1. The average Bonchev–Trinajstić information content (AvgIpc) is 3.77. The van der Waals surface area contributed by atoms with Gasteiger partial charge in [-0.15, -0.1) is 30.4 Å². The van der Waals surface area contributed by atoms with Crippen LogP contribution in [0.5, 0.6) is 0 Å². The summed E-state index contributed by atoms with van der Waals surface area (Å²) >= 11 is 6.54. The molecule has 0 amide bonds. The molecule has 0 spiro atoms. The van der Waals surface area contributed by atoms with E-state index in [-0.39, 0.29) is 43.3 Å². The van der Waals surface area contributed by atoms with E-state index in [1.54, 1.807) is 18.4 Å². The first-order valence-electron chi connectivity index (χ1n) is 16.8. The molecule has 0 aliphatic carbocycles. The lowest BCUT2D eigenvalue weighted by molar-refractivity contribution is -0.790. The highest BCUT2D eigenvalue weighted by Crippen LogP contribution is 2.30. The first-order valence-corrected chi connectivity index (χ1v) is 17.1. The van der Waals surface area contributed by atoms with Crippen LogP contribution in [0, 0.1) is 26.1 Å². The number of nitrogens with zero attached hydrogens (tertiary/aromatic N) is 7. The summed E-state index contributed by atoms with van der Waals surface area (Å²) in [6, 6.07) is 15.5. The Morgan fingerprint density at radius 1 is 0.981 bits per heavy atom. The topological polar surface area (TPSA) is 239 Å². The molecular weight excluding hydrogens is 720 g/mol. The minimum absolute atomic E-state index is 0.000489. The Hall–Kier alpha value is -5.85. The molecule has 0 saturated carbocycles. The molecule has 19 nitrogen and oxygen atoms in total. The van der Waals surface area contributed by atoms with Crippen LogP contribution in [-0.4, -0.2) is 78.1 Å². The van der Waals surface area contributed by atoms with Crippen molar-refractivity contribution in [1.82, 2.24) is 30.2 Å². The van der Waals surface area contributed by atoms with Crippen LogP contribution in [-0.2, 0) is 36.9 Å². The highest BCUT2D eigenvalue weighted by atomic mass is 35.5. The van der Waals surface area contributed by atoms with Crippen molar-refractivity contribution in [3.8, 4) is 22.5 Å². The van der Waals surface area contributed by atoms with E-state index in [4.69, 9.17) is 25.8 Å². The molecule has 0 radical (unpaired) electrons. The molecule has 0 fully saturated rings. The molecule has 20 heteroatoms. The number of carbonyl (C=O) groups excluding carboxylic acids is 2. The maximum atomic E-state index is 13.7. The standard InChI is InChI=1S/C33H39ClN8O11/c1-4-5-13-27-35-29(34)28(40(27)19-22-14-16-23(17-15-22)25-11-6-7-12-26(25)30-36-38-39-37-30)31(43)51-32(21(2)3)52-33(44)49-18-9-8-10-24(53-42(47)48)20-50-41(45)46/h6-7,11-12,14-17,21,24,32H,4-5,8-10,13,18-20H2,1-3H3,(H,36,37,38,39). The Labute approximate surface area is 308 Å². The molecule has 2 heterocycles. The number of halogens is 1. The van der Waals surface area contributed by atoms with Crippen LogP contribution in [0.1, 0.15) is 74.8 Å². The molecule has 284 valence electrons. The fourth-order valence-electron chi connectivity index (χ4n) is 5.18. The number of rotatable bonds is 21. The van der Waals surface area contributed by atoms with Gasteiger partial charge in [-0.25, -0.2) is 14.6 Å². The molecule has 0 saturated heterocycles. The molecule has 2 unspecified atom stereocenters. The van der Waals surface area contributed by atoms with Crippen LogP contribution in [0.15, 0.2) is 48.5 Å². The molecule has 0 aliphatic rings. The van der Waals surface area contributed by atoms with Crippen LogP contribution in [0.4, 0.5) is 4.79 Å². The predicted octanol–water partition coefficient (Wildman–Crippen LogP) is 6.02. The number of aromatic amines is 1. The van der Waals surface area contributed by atoms with Crippen LogP contribution >= 0.6 is 11.6 Å². The number of imidazole rings is 1. The third-order valence-corrected chi connectivity index (χ3v) is 8.06. The van der Waals surface area contributed by atoms with Gasteiger partial charge in [-0.05, 0) is 47.6 Å². The number of aromatic nitrogens is 6. The number of ether oxygens (including phenoxy) is 3. The lowest BCUT2D eigenvalue weighted by Gasteiger charge is -2.21. The fraction of sp³-hybridized carbons (Fsp3) is 0.455. The molecule has 0 aliphatic heterocycles. The number of benzene rings is 2. The quantitative estimate of drug-likeness (QED) is 0.0336. The van der Waals surface area contributed by atoms with Gasteiger partial charge >= 0.3 is 12.1 Å². The van der Waals surface area contributed by atoms with E-state index in [1.807, 2.05) is 55.5 Å². The molecular formula is C33H39ClN8O11. The Morgan fingerprint density at radius 3 is 2.36 bits per heavy atom. The molecule has 2 atom stereocenters. The number of esters is 1. The molecule has 4 rings (SSSR count). The van der Waals surface area contributed by atoms with E-state index in [0.717, 1.165) is 35.1 Å². The van der Waals surface area contributed by atoms with Crippen molar-refractivity contribution in [3.05, 3.63) is 91.0 Å². The zero-order valence-electron chi connectivity index (χ0n) is 29.2. The fourth-order valence-corrected chi connectivity index (χ4v) is 5.46. The highest BCUT2D eigenvalue weighted by molar-refractivity contribution is 6.32. The summed E-state index contributed by atoms with van der Waals surface area (Å²) in [6.07, 6.45) is -0.917. The van der Waals surface area contributed by atoms with Crippen molar-refractivity contribution in [2.24, 2.45) is 5.92 Å². The van der Waals surface area contributed by atoms with Gasteiger partial charge in [0, 0.05) is 24.4 Å². The summed E-state index contributed by atoms with van der Waals surface area (Å²) in [7, 11) is 0. The summed E-state index contributed by atoms with van der Waals surface area (Å²) in [5.41, 5.74) is 3.49. The van der Waals surface area contributed by atoms with Crippen molar-refractivity contribution < 1.29 is 43.6 Å². The zero-order valence-corrected chi connectivity index (χ0v) is 30.0. The first-order chi connectivity index (χ1) is 25.5. The van der Waals surface area contributed by atoms with Gasteiger partial charge in [-0.1, -0.05) is 87.3 Å². The number of aryl methyl sites for hydroxylation is 1. The molecule has 2 aromatic carbocycles. The van der Waals surface area contributed by atoms with Gasteiger partial charge in [0.2, 0.25) is 5.82 Å². The lowest BCUT2D eigenvalue weighted by Crippen LogP contribution is -2.31. The Balaban J connectivity index is 1.41. The Morgan fingerprint density at radius 2 is 1.72 bits per heavy atom. The normalized spacial score (nSPS) is 12.2. The number of hydrogen-bond donors (Lipinski definition) is 1. The van der Waals surface area contributed by atoms with Crippen LogP contribution in [0.3, 0.4) is 0 Å². The zero-order chi connectivity index (χ0) is 38.3. The first kappa shape index (κ1) is 39.9. The number of H-pyrrole nitrogens is 1. The van der Waals surface area contributed by atoms with Crippen molar-refractivity contribution in [3.63, 3.8) is 0 Å². The molecule has 1 N–H and O–H groups in total. The van der Waals surface area contributed by atoms with Crippen molar-refractivity contribution in [2.45, 2.75) is 78.2 Å². The van der Waals surface area contributed by atoms with E-state index >= 15 is 0 Å². The highest BCUT2D eigenvalue weighted by Gasteiger charge is 2.30. The number of nitrogens with one attached hydrogen (secondary N) is 1. The Kier molecular flexibility index (Phi) is 14.8. The lowest BCUT2D eigenvalue weighted by atomic mass is 9.98. The van der Waals surface area contributed by atoms with Crippen LogP contribution in [0.25, 0.3) is 22.5 Å². The molecule has 4 aromatic rings. The summed E-state index contributed by atoms with van der Waals surface area (Å²) in [5, 5.41) is 33.2. The number of tetrazole rings is 1. The minimum Gasteiger partial charge on any atom is -0.434 e. The van der Waals surface area contributed by atoms with Crippen LogP contribution in [0.2, 0.25) is 5.15 Å². The predicted molar refractivity (Wildman–Crippen MR) is 185 cm³/mol. The maximum absolute atomic E-state index is 13.7. The summed E-state index contributed by atoms with van der Waals surface area (Å²) in [4.78, 5) is 60.2. The van der Waals surface area contributed by atoms with E-state index in [0.29, 0.717) is 18.1 Å². The van der Waals surface area contributed by atoms with E-state index in [1.165, 1.54) is 0 Å². The average molecular weight is 759 g/mol. The summed E-state index contributed by atoms with van der Waals surface area (Å²) in [5.74, 6) is -0.274. The summed E-state index contributed by atoms with van der Waals surface area (Å²) < 4.78 is 17.7. The smallest absolute Gasteiger partial charge is 0.434 e. The summed E-state index contributed by atoms with van der Waals surface area (Å²) in [6.45, 7) is 4.85. The van der Waals surface area contributed by atoms with E-state index < -0.39 is 47.2 Å². The second kappa shape index (κ2) is 19.7. The van der Waals surface area contributed by atoms with Gasteiger partial charge in [-0.3, -0.25) is 0 Å². The monoisotopic (exact) mass is 758 g/mol. The van der Waals surface area contributed by atoms with Gasteiger partial charge in [0.05, 0.1) is 6.61 Å². The molecule has 53 heavy (non-hydrogen) atoms. The van der Waals surface area contributed by atoms with Crippen molar-refractivity contribution in [2.75, 3.05) is 13.2 Å². The molecule has 0 bridgehead atoms. The second-order valence-corrected chi connectivity index (χ2v) is 12.4. The van der Waals surface area contributed by atoms with Crippen molar-refractivity contribution in [1.29, 1.82) is 0 Å². The number of carbonyl (C=O) groups is 2. The third-order valence-electron chi connectivity index (χ3n) is 7.79.